The highest BCUT2D eigenvalue weighted by atomic mass is 16.5. The number of β-amino-alcohol motifs (C(OH)–C–C–N with tert-alkyl or cyclic N) is 1. The molecule has 1 heterocycles. The normalized spacial score (nSPS) is 36.8. The third kappa shape index (κ3) is 2.19. The SMILES string of the molecule is COCC12CCCCC1CN(CCO)C2. The van der Waals surface area contributed by atoms with Crippen LogP contribution in [0, 0.1) is 11.3 Å². The molecule has 0 spiro atoms. The maximum atomic E-state index is 9.00. The second kappa shape index (κ2) is 4.81. The first-order chi connectivity index (χ1) is 7.30. The molecule has 2 atom stereocenters. The molecule has 2 rings (SSSR count). The van der Waals surface area contributed by atoms with E-state index in [1.54, 1.807) is 0 Å². The summed E-state index contributed by atoms with van der Waals surface area (Å²) in [7, 11) is 1.81. The van der Waals surface area contributed by atoms with E-state index in [1.165, 1.54) is 32.2 Å². The van der Waals surface area contributed by atoms with E-state index in [0.717, 1.165) is 25.6 Å². The van der Waals surface area contributed by atoms with E-state index >= 15 is 0 Å². The summed E-state index contributed by atoms with van der Waals surface area (Å²) in [6.07, 6.45) is 5.40. The summed E-state index contributed by atoms with van der Waals surface area (Å²) in [5, 5.41) is 9.00. The van der Waals surface area contributed by atoms with Crippen LogP contribution in [0.5, 0.6) is 0 Å². The third-order valence-corrected chi connectivity index (χ3v) is 4.21. The first kappa shape index (κ1) is 11.4. The van der Waals surface area contributed by atoms with Gasteiger partial charge in [-0.05, 0) is 18.8 Å². The van der Waals surface area contributed by atoms with E-state index in [2.05, 4.69) is 4.90 Å². The molecule has 2 aliphatic rings. The molecule has 3 nitrogen and oxygen atoms in total. The van der Waals surface area contributed by atoms with Crippen LogP contribution in [0.2, 0.25) is 0 Å². The topological polar surface area (TPSA) is 32.7 Å². The third-order valence-electron chi connectivity index (χ3n) is 4.21. The summed E-state index contributed by atoms with van der Waals surface area (Å²) in [5.74, 6) is 0.803. The summed E-state index contributed by atoms with van der Waals surface area (Å²) in [6.45, 7) is 4.33. The summed E-state index contributed by atoms with van der Waals surface area (Å²) in [5.41, 5.74) is 0.405. The van der Waals surface area contributed by atoms with Crippen LogP contribution in [-0.2, 0) is 4.74 Å². The van der Waals surface area contributed by atoms with Crippen LogP contribution in [0.25, 0.3) is 0 Å². The molecule has 15 heavy (non-hydrogen) atoms. The number of hydrogen-bond acceptors (Lipinski definition) is 3. The van der Waals surface area contributed by atoms with Gasteiger partial charge in [-0.25, -0.2) is 0 Å². The van der Waals surface area contributed by atoms with Crippen LogP contribution in [0.1, 0.15) is 25.7 Å². The van der Waals surface area contributed by atoms with E-state index in [-0.39, 0.29) is 6.61 Å². The minimum Gasteiger partial charge on any atom is -0.395 e. The number of aliphatic hydroxyl groups excluding tert-OH is 1. The van der Waals surface area contributed by atoms with Gasteiger partial charge in [0.1, 0.15) is 0 Å². The number of hydrogen-bond donors (Lipinski definition) is 1. The van der Waals surface area contributed by atoms with Gasteiger partial charge in [-0.15, -0.1) is 0 Å². The van der Waals surface area contributed by atoms with Gasteiger partial charge in [0.2, 0.25) is 0 Å². The van der Waals surface area contributed by atoms with Gasteiger partial charge in [0.05, 0.1) is 13.2 Å². The van der Waals surface area contributed by atoms with Crippen molar-refractivity contribution in [2.24, 2.45) is 11.3 Å². The first-order valence-electron chi connectivity index (χ1n) is 6.13. The zero-order valence-corrected chi connectivity index (χ0v) is 9.74. The van der Waals surface area contributed by atoms with Crippen LogP contribution in [0.3, 0.4) is 0 Å². The summed E-state index contributed by atoms with van der Waals surface area (Å²) in [6, 6.07) is 0. The van der Waals surface area contributed by atoms with Crippen LogP contribution in [0.4, 0.5) is 0 Å². The Morgan fingerprint density at radius 2 is 2.33 bits per heavy atom. The van der Waals surface area contributed by atoms with E-state index in [1.807, 2.05) is 7.11 Å². The summed E-state index contributed by atoms with van der Waals surface area (Å²) in [4.78, 5) is 2.41. The molecule has 2 fully saturated rings. The van der Waals surface area contributed by atoms with Crippen molar-refractivity contribution < 1.29 is 9.84 Å². The van der Waals surface area contributed by atoms with Gasteiger partial charge in [-0.2, -0.15) is 0 Å². The number of methoxy groups -OCH3 is 1. The molecule has 3 heteroatoms. The highest BCUT2D eigenvalue weighted by Gasteiger charge is 2.47. The molecule has 0 radical (unpaired) electrons. The van der Waals surface area contributed by atoms with E-state index in [0.29, 0.717) is 5.41 Å². The van der Waals surface area contributed by atoms with Crippen molar-refractivity contribution in [3.63, 3.8) is 0 Å². The lowest BCUT2D eigenvalue weighted by Gasteiger charge is -2.38. The van der Waals surface area contributed by atoms with Crippen molar-refractivity contribution in [2.45, 2.75) is 25.7 Å². The summed E-state index contributed by atoms with van der Waals surface area (Å²) >= 11 is 0. The first-order valence-corrected chi connectivity index (χ1v) is 6.13. The Labute approximate surface area is 92.4 Å². The molecule has 1 aliphatic carbocycles. The Morgan fingerprint density at radius 3 is 3.07 bits per heavy atom. The van der Waals surface area contributed by atoms with Crippen molar-refractivity contribution in [3.8, 4) is 0 Å². The van der Waals surface area contributed by atoms with Gasteiger partial charge >= 0.3 is 0 Å². The van der Waals surface area contributed by atoms with Crippen molar-refractivity contribution in [1.82, 2.24) is 4.90 Å². The van der Waals surface area contributed by atoms with Gasteiger partial charge in [-0.3, -0.25) is 0 Å². The Balaban J connectivity index is 2.02. The second-order valence-corrected chi connectivity index (χ2v) is 5.20. The molecule has 0 aromatic rings. The molecule has 1 saturated heterocycles. The highest BCUT2D eigenvalue weighted by molar-refractivity contribution is 4.98. The maximum Gasteiger partial charge on any atom is 0.0558 e. The van der Waals surface area contributed by atoms with Crippen molar-refractivity contribution in [3.05, 3.63) is 0 Å². The number of fused-ring (bicyclic) bond motifs is 1. The smallest absolute Gasteiger partial charge is 0.0558 e. The van der Waals surface area contributed by atoms with Crippen LogP contribution < -0.4 is 0 Å². The van der Waals surface area contributed by atoms with Gasteiger partial charge in [0.25, 0.3) is 0 Å². The zero-order chi connectivity index (χ0) is 10.7. The lowest BCUT2D eigenvalue weighted by molar-refractivity contribution is 0.0294. The molecular formula is C12H23NO2. The van der Waals surface area contributed by atoms with Crippen LogP contribution in [0.15, 0.2) is 0 Å². The summed E-state index contributed by atoms with van der Waals surface area (Å²) < 4.78 is 5.42. The molecule has 1 N–H and O–H groups in total. The molecule has 88 valence electrons. The number of aliphatic hydroxyl groups is 1. The predicted molar refractivity (Wildman–Crippen MR) is 59.8 cm³/mol. The largest absolute Gasteiger partial charge is 0.395 e. The molecule has 1 saturated carbocycles. The van der Waals surface area contributed by atoms with E-state index in [4.69, 9.17) is 9.84 Å². The molecule has 0 amide bonds. The quantitative estimate of drug-likeness (QED) is 0.759. The number of rotatable bonds is 4. The predicted octanol–water partition coefficient (Wildman–Crippen LogP) is 1.12. The molecular weight excluding hydrogens is 190 g/mol. The monoisotopic (exact) mass is 213 g/mol. The molecule has 0 aromatic heterocycles. The Kier molecular flexibility index (Phi) is 3.65. The number of ether oxygens (including phenoxy) is 1. The van der Waals surface area contributed by atoms with E-state index < -0.39 is 0 Å². The Hall–Kier alpha value is -0.120. The molecule has 1 aliphatic heterocycles. The maximum absolute atomic E-state index is 9.00. The zero-order valence-electron chi connectivity index (χ0n) is 9.74. The van der Waals surface area contributed by atoms with Gasteiger partial charge < -0.3 is 14.7 Å². The van der Waals surface area contributed by atoms with Crippen LogP contribution in [-0.4, -0.2) is 50.0 Å². The average molecular weight is 213 g/mol. The molecule has 0 aromatic carbocycles. The lowest BCUT2D eigenvalue weighted by Crippen LogP contribution is -2.37. The van der Waals surface area contributed by atoms with Crippen molar-refractivity contribution in [2.75, 3.05) is 40.0 Å². The average Bonchev–Trinajstić information content (AvgIpc) is 2.56. The molecule has 2 unspecified atom stereocenters. The lowest BCUT2D eigenvalue weighted by atomic mass is 9.69. The van der Waals surface area contributed by atoms with E-state index in [9.17, 15) is 0 Å². The van der Waals surface area contributed by atoms with Gasteiger partial charge in [-0.1, -0.05) is 12.8 Å². The molecule has 0 bridgehead atoms. The minimum absolute atomic E-state index is 0.287. The standard InChI is InChI=1S/C12H23NO2/c1-15-10-12-5-3-2-4-11(12)8-13(9-12)6-7-14/h11,14H,2-10H2,1H3. The van der Waals surface area contributed by atoms with Gasteiger partial charge in [0.15, 0.2) is 0 Å². The van der Waals surface area contributed by atoms with Gasteiger partial charge in [0, 0.05) is 32.2 Å². The second-order valence-electron chi connectivity index (χ2n) is 5.20. The number of nitrogens with zero attached hydrogens (tertiary/aromatic N) is 1. The Bertz CT molecular complexity index is 206. The number of likely N-dealkylation sites (tertiary alicyclic amines) is 1. The Morgan fingerprint density at radius 1 is 1.47 bits per heavy atom. The minimum atomic E-state index is 0.287. The fraction of sp³-hybridized carbons (Fsp3) is 1.00. The van der Waals surface area contributed by atoms with Crippen molar-refractivity contribution in [1.29, 1.82) is 0 Å². The highest BCUT2D eigenvalue weighted by Crippen LogP contribution is 2.46. The van der Waals surface area contributed by atoms with Crippen molar-refractivity contribution >= 4 is 0 Å². The fourth-order valence-corrected chi connectivity index (χ4v) is 3.53. The fourth-order valence-electron chi connectivity index (χ4n) is 3.53. The van der Waals surface area contributed by atoms with Crippen LogP contribution >= 0.6 is 0 Å².